The van der Waals surface area contributed by atoms with Crippen molar-refractivity contribution in [3.8, 4) is 0 Å². The molecule has 126 valence electrons. The number of halogens is 1. The number of amides is 3. The SMILES string of the molecule is CNC(=O)NC(=O)[C@H](c1ccccc1)[NH+](C)Cc1cccc(F)c1. The molecule has 0 fully saturated rings. The van der Waals surface area contributed by atoms with Crippen molar-refractivity contribution >= 4 is 11.9 Å². The summed E-state index contributed by atoms with van der Waals surface area (Å²) in [6.07, 6.45) is 0. The molecule has 0 radical (unpaired) electrons. The van der Waals surface area contributed by atoms with E-state index >= 15 is 0 Å². The van der Waals surface area contributed by atoms with Crippen LogP contribution in [0.4, 0.5) is 9.18 Å². The molecule has 6 heteroatoms. The van der Waals surface area contributed by atoms with Gasteiger partial charge in [0.25, 0.3) is 5.91 Å². The summed E-state index contributed by atoms with van der Waals surface area (Å²) in [5.41, 5.74) is 1.56. The van der Waals surface area contributed by atoms with E-state index in [1.54, 1.807) is 6.07 Å². The first-order chi connectivity index (χ1) is 11.5. The first kappa shape index (κ1) is 17.6. The van der Waals surface area contributed by atoms with Gasteiger partial charge in [-0.2, -0.15) is 0 Å². The summed E-state index contributed by atoms with van der Waals surface area (Å²) in [6.45, 7) is 0.443. The van der Waals surface area contributed by atoms with Crippen LogP contribution >= 0.6 is 0 Å². The van der Waals surface area contributed by atoms with Gasteiger partial charge in [-0.05, 0) is 12.1 Å². The molecule has 0 aliphatic heterocycles. The fraction of sp³-hybridized carbons (Fsp3) is 0.222. The third-order valence-electron chi connectivity index (χ3n) is 3.72. The van der Waals surface area contributed by atoms with Gasteiger partial charge in [0.1, 0.15) is 12.4 Å². The largest absolute Gasteiger partial charge is 0.341 e. The highest BCUT2D eigenvalue weighted by atomic mass is 19.1. The molecule has 5 nitrogen and oxygen atoms in total. The molecule has 0 heterocycles. The number of hydrogen-bond acceptors (Lipinski definition) is 2. The van der Waals surface area contributed by atoms with Crippen LogP contribution in [-0.2, 0) is 11.3 Å². The number of hydrogen-bond donors (Lipinski definition) is 3. The van der Waals surface area contributed by atoms with Gasteiger partial charge in [-0.3, -0.25) is 10.1 Å². The number of imide groups is 1. The van der Waals surface area contributed by atoms with E-state index in [1.807, 2.05) is 43.4 Å². The lowest BCUT2D eigenvalue weighted by Gasteiger charge is -2.24. The van der Waals surface area contributed by atoms with E-state index in [0.29, 0.717) is 6.54 Å². The van der Waals surface area contributed by atoms with Gasteiger partial charge in [-0.1, -0.05) is 42.5 Å². The fourth-order valence-electron chi connectivity index (χ4n) is 2.62. The first-order valence-electron chi connectivity index (χ1n) is 7.65. The second kappa shape index (κ2) is 8.21. The summed E-state index contributed by atoms with van der Waals surface area (Å²) in [7, 11) is 3.29. The van der Waals surface area contributed by atoms with Gasteiger partial charge < -0.3 is 10.2 Å². The van der Waals surface area contributed by atoms with Crippen LogP contribution < -0.4 is 15.5 Å². The highest BCUT2D eigenvalue weighted by Gasteiger charge is 2.30. The van der Waals surface area contributed by atoms with Crippen LogP contribution in [0.15, 0.2) is 54.6 Å². The van der Waals surface area contributed by atoms with E-state index in [9.17, 15) is 14.0 Å². The van der Waals surface area contributed by atoms with Crippen molar-refractivity contribution in [1.29, 1.82) is 0 Å². The summed E-state index contributed by atoms with van der Waals surface area (Å²) in [5.74, 6) is -0.721. The van der Waals surface area contributed by atoms with E-state index in [1.165, 1.54) is 19.2 Å². The standard InChI is InChI=1S/C18H20FN3O2/c1-20-18(24)21-17(23)16(14-8-4-3-5-9-14)22(2)12-13-7-6-10-15(19)11-13/h3-11,16H,12H2,1-2H3,(H2,20,21,23,24)/p+1/t16-/m0/s1. The lowest BCUT2D eigenvalue weighted by Crippen LogP contribution is -3.09. The average Bonchev–Trinajstić information content (AvgIpc) is 2.55. The van der Waals surface area contributed by atoms with Gasteiger partial charge in [-0.15, -0.1) is 0 Å². The van der Waals surface area contributed by atoms with Crippen LogP contribution in [-0.4, -0.2) is 26.0 Å². The highest BCUT2D eigenvalue weighted by molar-refractivity contribution is 5.96. The molecule has 0 bridgehead atoms. The smallest absolute Gasteiger partial charge is 0.321 e. The molecule has 0 saturated heterocycles. The molecule has 2 atom stereocenters. The number of rotatable bonds is 5. The molecule has 3 N–H and O–H groups in total. The maximum absolute atomic E-state index is 13.4. The molecule has 0 spiro atoms. The molecular formula is C18H21FN3O2+. The Labute approximate surface area is 140 Å². The number of quaternary nitrogens is 1. The number of carbonyl (C=O) groups is 2. The zero-order chi connectivity index (χ0) is 17.5. The number of likely N-dealkylation sites (N-methyl/N-ethyl adjacent to an activating group) is 1. The Kier molecular flexibility index (Phi) is 6.03. The van der Waals surface area contributed by atoms with E-state index in [2.05, 4.69) is 10.6 Å². The topological polar surface area (TPSA) is 62.6 Å². The fourth-order valence-corrected chi connectivity index (χ4v) is 2.62. The van der Waals surface area contributed by atoms with Crippen molar-refractivity contribution in [1.82, 2.24) is 10.6 Å². The predicted octanol–water partition coefficient (Wildman–Crippen LogP) is 1.04. The molecule has 0 aliphatic carbocycles. The van der Waals surface area contributed by atoms with E-state index in [-0.39, 0.29) is 5.82 Å². The van der Waals surface area contributed by atoms with Crippen molar-refractivity contribution in [2.75, 3.05) is 14.1 Å². The molecule has 1 unspecified atom stereocenters. The van der Waals surface area contributed by atoms with E-state index in [4.69, 9.17) is 0 Å². The van der Waals surface area contributed by atoms with Crippen LogP contribution in [0, 0.1) is 5.82 Å². The van der Waals surface area contributed by atoms with Gasteiger partial charge in [0.2, 0.25) is 0 Å². The summed E-state index contributed by atoms with van der Waals surface area (Å²) >= 11 is 0. The minimum absolute atomic E-state index is 0.314. The molecule has 2 rings (SSSR count). The summed E-state index contributed by atoms with van der Waals surface area (Å²) in [6, 6.07) is 14.3. The summed E-state index contributed by atoms with van der Waals surface area (Å²) in [4.78, 5) is 24.9. The molecule has 0 saturated carbocycles. The van der Waals surface area contributed by atoms with Crippen LogP contribution in [0.2, 0.25) is 0 Å². The maximum Gasteiger partial charge on any atom is 0.321 e. The first-order valence-corrected chi connectivity index (χ1v) is 7.65. The van der Waals surface area contributed by atoms with Crippen molar-refractivity contribution in [3.05, 3.63) is 71.5 Å². The Morgan fingerprint density at radius 1 is 1.12 bits per heavy atom. The molecule has 0 aromatic heterocycles. The molecule has 3 amide bonds. The number of urea groups is 1. The van der Waals surface area contributed by atoms with Crippen molar-refractivity contribution in [2.24, 2.45) is 0 Å². The normalized spacial score (nSPS) is 13.0. The van der Waals surface area contributed by atoms with Gasteiger partial charge in [0.15, 0.2) is 6.04 Å². The second-order valence-electron chi connectivity index (χ2n) is 5.57. The molecular weight excluding hydrogens is 309 g/mol. The van der Waals surface area contributed by atoms with Gasteiger partial charge >= 0.3 is 6.03 Å². The van der Waals surface area contributed by atoms with Crippen molar-refractivity contribution < 1.29 is 18.9 Å². The molecule has 24 heavy (non-hydrogen) atoms. The summed E-state index contributed by atoms with van der Waals surface area (Å²) < 4.78 is 13.4. The van der Waals surface area contributed by atoms with Crippen LogP contribution in [0.3, 0.4) is 0 Å². The van der Waals surface area contributed by atoms with Crippen LogP contribution in [0.5, 0.6) is 0 Å². The van der Waals surface area contributed by atoms with Crippen LogP contribution in [0.1, 0.15) is 17.2 Å². The van der Waals surface area contributed by atoms with Gasteiger partial charge in [-0.25, -0.2) is 9.18 Å². The highest BCUT2D eigenvalue weighted by Crippen LogP contribution is 2.10. The second-order valence-corrected chi connectivity index (χ2v) is 5.57. The minimum atomic E-state index is -0.591. The molecule has 0 aliphatic rings. The molecule has 2 aromatic rings. The van der Waals surface area contributed by atoms with E-state index < -0.39 is 18.0 Å². The average molecular weight is 330 g/mol. The Balaban J connectivity index is 2.24. The minimum Gasteiger partial charge on any atom is -0.341 e. The number of nitrogens with one attached hydrogen (secondary N) is 3. The van der Waals surface area contributed by atoms with Gasteiger partial charge in [0.05, 0.1) is 7.05 Å². The predicted molar refractivity (Wildman–Crippen MR) is 88.8 cm³/mol. The number of carbonyl (C=O) groups excluding carboxylic acids is 2. The third kappa shape index (κ3) is 4.63. The lowest BCUT2D eigenvalue weighted by molar-refractivity contribution is -0.916. The van der Waals surface area contributed by atoms with E-state index in [0.717, 1.165) is 16.0 Å². The van der Waals surface area contributed by atoms with Crippen molar-refractivity contribution in [3.63, 3.8) is 0 Å². The Hall–Kier alpha value is -2.73. The monoisotopic (exact) mass is 330 g/mol. The lowest BCUT2D eigenvalue weighted by atomic mass is 10.0. The Morgan fingerprint density at radius 2 is 1.83 bits per heavy atom. The van der Waals surface area contributed by atoms with Crippen molar-refractivity contribution in [2.45, 2.75) is 12.6 Å². The zero-order valence-corrected chi connectivity index (χ0v) is 13.7. The third-order valence-corrected chi connectivity index (χ3v) is 3.72. The summed E-state index contributed by atoms with van der Waals surface area (Å²) in [5, 5.41) is 4.69. The van der Waals surface area contributed by atoms with Crippen LogP contribution in [0.25, 0.3) is 0 Å². The number of benzene rings is 2. The Bertz CT molecular complexity index is 706. The zero-order valence-electron chi connectivity index (χ0n) is 13.7. The quantitative estimate of drug-likeness (QED) is 0.767. The Morgan fingerprint density at radius 3 is 2.46 bits per heavy atom. The maximum atomic E-state index is 13.4. The van der Waals surface area contributed by atoms with Gasteiger partial charge in [0, 0.05) is 18.2 Å². The molecule has 2 aromatic carbocycles.